The minimum absolute atomic E-state index is 0.0632. The number of rotatable bonds is 5. The molecule has 2 aromatic heterocycles. The number of H-pyrrole nitrogens is 1. The zero-order valence-corrected chi connectivity index (χ0v) is 20.0. The van der Waals surface area contributed by atoms with E-state index in [2.05, 4.69) is 31.1 Å². The van der Waals surface area contributed by atoms with Gasteiger partial charge in [0.1, 0.15) is 11.9 Å². The van der Waals surface area contributed by atoms with E-state index in [0.29, 0.717) is 30.6 Å². The van der Waals surface area contributed by atoms with Gasteiger partial charge >= 0.3 is 0 Å². The zero-order chi connectivity index (χ0) is 24.4. The third-order valence-corrected chi connectivity index (χ3v) is 7.49. The molecule has 5 rings (SSSR count). The molecule has 3 aliphatic heterocycles. The normalized spacial score (nSPS) is 24.6. The highest BCUT2D eigenvalue weighted by Gasteiger charge is 2.39. The topological polar surface area (TPSA) is 118 Å². The van der Waals surface area contributed by atoms with Crippen molar-refractivity contribution in [1.29, 1.82) is 5.26 Å². The molecule has 0 unspecified atom stereocenters. The first-order valence-corrected chi connectivity index (χ1v) is 12.4. The molecule has 0 saturated carbocycles. The third kappa shape index (κ3) is 4.86. The molecule has 3 saturated heterocycles. The molecule has 0 aliphatic carbocycles. The number of aromatic nitrogens is 3. The molecule has 10 nitrogen and oxygen atoms in total. The number of piperazine rings is 1. The number of amides is 1. The molecule has 10 heteroatoms. The summed E-state index contributed by atoms with van der Waals surface area (Å²) in [6.07, 6.45) is 7.60. The third-order valence-electron chi connectivity index (χ3n) is 7.49. The Morgan fingerprint density at radius 3 is 2.74 bits per heavy atom. The van der Waals surface area contributed by atoms with Gasteiger partial charge in [0, 0.05) is 44.5 Å². The van der Waals surface area contributed by atoms with E-state index in [9.17, 15) is 9.59 Å². The molecule has 1 amide bonds. The standard InChI is InChI=1S/C25H31N7O3/c1-17-21(16-28-29-25(17)34)32-8-2-3-20(32)22-6-5-19(35-22)13-24(33)31-11-9-30(10-12-31)23-7-4-18(14-26)15-27-23/h4,7,15-16,19-20,22H,2-3,5-6,8-13H2,1H3,(H,29,34)/t19-,20-,22+/m0/s1. The van der Waals surface area contributed by atoms with E-state index in [1.807, 2.05) is 17.9 Å². The number of nitriles is 1. The molecule has 3 aliphatic rings. The van der Waals surface area contributed by atoms with E-state index in [1.165, 1.54) is 0 Å². The first kappa shape index (κ1) is 23.3. The lowest BCUT2D eigenvalue weighted by molar-refractivity contribution is -0.134. The highest BCUT2D eigenvalue weighted by molar-refractivity contribution is 5.77. The van der Waals surface area contributed by atoms with Gasteiger partial charge in [-0.25, -0.2) is 10.1 Å². The van der Waals surface area contributed by atoms with Crippen LogP contribution in [0, 0.1) is 18.3 Å². The molecule has 0 aromatic carbocycles. The van der Waals surface area contributed by atoms with E-state index in [1.54, 1.807) is 18.5 Å². The van der Waals surface area contributed by atoms with E-state index in [4.69, 9.17) is 10.00 Å². The van der Waals surface area contributed by atoms with Gasteiger partial charge in [-0.1, -0.05) is 0 Å². The summed E-state index contributed by atoms with van der Waals surface area (Å²) in [7, 11) is 0. The maximum absolute atomic E-state index is 13.0. The minimum Gasteiger partial charge on any atom is -0.372 e. The van der Waals surface area contributed by atoms with Gasteiger partial charge in [-0.3, -0.25) is 9.59 Å². The first-order chi connectivity index (χ1) is 17.0. The van der Waals surface area contributed by atoms with Crippen LogP contribution in [-0.4, -0.2) is 77.0 Å². The van der Waals surface area contributed by atoms with Gasteiger partial charge in [-0.2, -0.15) is 10.4 Å². The van der Waals surface area contributed by atoms with Crippen molar-refractivity contribution in [2.75, 3.05) is 42.5 Å². The number of ether oxygens (including phenoxy) is 1. The predicted octanol–water partition coefficient (Wildman–Crippen LogP) is 1.60. The summed E-state index contributed by atoms with van der Waals surface area (Å²) in [5.74, 6) is 0.978. The number of nitrogens with zero attached hydrogens (tertiary/aromatic N) is 6. The Hall–Kier alpha value is -3.45. The van der Waals surface area contributed by atoms with Crippen molar-refractivity contribution in [3.05, 3.63) is 46.0 Å². The van der Waals surface area contributed by atoms with Crippen molar-refractivity contribution >= 4 is 17.4 Å². The van der Waals surface area contributed by atoms with Crippen LogP contribution in [0.3, 0.4) is 0 Å². The molecule has 0 radical (unpaired) electrons. The van der Waals surface area contributed by atoms with E-state index in [-0.39, 0.29) is 29.7 Å². The maximum atomic E-state index is 13.0. The SMILES string of the molecule is Cc1c(N2CCC[C@H]2[C@H]2CC[C@@H](CC(=O)N3CCN(c4ccc(C#N)cn4)CC3)O2)cn[nH]c1=O. The summed E-state index contributed by atoms with van der Waals surface area (Å²) in [6.45, 7) is 5.47. The molecular formula is C25H31N7O3. The Kier molecular flexibility index (Phi) is 6.68. The van der Waals surface area contributed by atoms with Crippen LogP contribution in [0.5, 0.6) is 0 Å². The van der Waals surface area contributed by atoms with Gasteiger partial charge in [-0.15, -0.1) is 0 Å². The summed E-state index contributed by atoms with van der Waals surface area (Å²) in [5.41, 5.74) is 1.96. The summed E-state index contributed by atoms with van der Waals surface area (Å²) in [4.78, 5) is 35.7. The molecule has 5 heterocycles. The second-order valence-electron chi connectivity index (χ2n) is 9.58. The van der Waals surface area contributed by atoms with Crippen LogP contribution in [0.15, 0.2) is 29.3 Å². The van der Waals surface area contributed by atoms with Gasteiger partial charge in [0.15, 0.2) is 0 Å². The number of hydrogen-bond donors (Lipinski definition) is 1. The minimum atomic E-state index is -0.154. The van der Waals surface area contributed by atoms with Crippen molar-refractivity contribution < 1.29 is 9.53 Å². The number of aromatic amines is 1. The number of anilines is 2. The van der Waals surface area contributed by atoms with E-state index in [0.717, 1.165) is 56.8 Å². The number of pyridine rings is 1. The van der Waals surface area contributed by atoms with Crippen LogP contribution in [0.4, 0.5) is 11.5 Å². The molecule has 2 aromatic rings. The monoisotopic (exact) mass is 477 g/mol. The van der Waals surface area contributed by atoms with E-state index >= 15 is 0 Å². The molecule has 35 heavy (non-hydrogen) atoms. The number of carbonyl (C=O) groups excluding carboxylic acids is 1. The van der Waals surface area contributed by atoms with Gasteiger partial charge in [0.05, 0.1) is 42.1 Å². The van der Waals surface area contributed by atoms with Crippen molar-refractivity contribution in [2.45, 2.75) is 57.3 Å². The molecule has 3 atom stereocenters. The largest absolute Gasteiger partial charge is 0.372 e. The Balaban J connectivity index is 1.13. The smallest absolute Gasteiger partial charge is 0.269 e. The second-order valence-corrected chi connectivity index (χ2v) is 9.58. The fraction of sp³-hybridized carbons (Fsp3) is 0.560. The van der Waals surface area contributed by atoms with Crippen LogP contribution >= 0.6 is 0 Å². The molecule has 0 spiro atoms. The van der Waals surface area contributed by atoms with Crippen LogP contribution in [0.2, 0.25) is 0 Å². The van der Waals surface area contributed by atoms with Crippen LogP contribution in [0.25, 0.3) is 0 Å². The Morgan fingerprint density at radius 2 is 2.00 bits per heavy atom. The van der Waals surface area contributed by atoms with Crippen LogP contribution < -0.4 is 15.4 Å². The summed E-state index contributed by atoms with van der Waals surface area (Å²) in [5, 5.41) is 15.4. The highest BCUT2D eigenvalue weighted by atomic mass is 16.5. The fourth-order valence-corrected chi connectivity index (χ4v) is 5.53. The second kappa shape index (κ2) is 10.0. The lowest BCUT2D eigenvalue weighted by atomic mass is 10.0. The van der Waals surface area contributed by atoms with Crippen molar-refractivity contribution in [3.8, 4) is 6.07 Å². The quantitative estimate of drug-likeness (QED) is 0.690. The van der Waals surface area contributed by atoms with Crippen LogP contribution in [-0.2, 0) is 9.53 Å². The molecule has 184 valence electrons. The van der Waals surface area contributed by atoms with Gasteiger partial charge in [0.25, 0.3) is 5.56 Å². The van der Waals surface area contributed by atoms with Gasteiger partial charge < -0.3 is 19.4 Å². The van der Waals surface area contributed by atoms with Crippen molar-refractivity contribution in [1.82, 2.24) is 20.1 Å². The summed E-state index contributed by atoms with van der Waals surface area (Å²) in [6, 6.07) is 5.92. The predicted molar refractivity (Wildman–Crippen MR) is 130 cm³/mol. The Morgan fingerprint density at radius 1 is 1.17 bits per heavy atom. The summed E-state index contributed by atoms with van der Waals surface area (Å²) >= 11 is 0. The average molecular weight is 478 g/mol. The molecule has 3 fully saturated rings. The fourth-order valence-electron chi connectivity index (χ4n) is 5.53. The number of nitrogens with one attached hydrogen (secondary N) is 1. The molecular weight excluding hydrogens is 446 g/mol. The number of carbonyl (C=O) groups is 1. The lowest BCUT2D eigenvalue weighted by Gasteiger charge is -2.36. The van der Waals surface area contributed by atoms with Crippen molar-refractivity contribution in [3.63, 3.8) is 0 Å². The van der Waals surface area contributed by atoms with Gasteiger partial charge in [0.2, 0.25) is 5.91 Å². The van der Waals surface area contributed by atoms with Crippen LogP contribution in [0.1, 0.15) is 43.2 Å². The summed E-state index contributed by atoms with van der Waals surface area (Å²) < 4.78 is 6.40. The number of hydrogen-bond acceptors (Lipinski definition) is 8. The van der Waals surface area contributed by atoms with Crippen molar-refractivity contribution in [2.24, 2.45) is 0 Å². The molecule has 0 bridgehead atoms. The highest BCUT2D eigenvalue weighted by Crippen LogP contribution is 2.35. The Labute approximate surface area is 204 Å². The zero-order valence-electron chi connectivity index (χ0n) is 20.0. The molecule has 1 N–H and O–H groups in total. The Bertz CT molecular complexity index is 1150. The lowest BCUT2D eigenvalue weighted by Crippen LogP contribution is -2.49. The van der Waals surface area contributed by atoms with Gasteiger partial charge in [-0.05, 0) is 44.7 Å². The van der Waals surface area contributed by atoms with E-state index < -0.39 is 0 Å². The first-order valence-electron chi connectivity index (χ1n) is 12.4. The average Bonchev–Trinajstić information content (AvgIpc) is 3.55. The maximum Gasteiger partial charge on any atom is 0.269 e.